The Labute approximate surface area is 229 Å². The molecule has 0 fully saturated rings. The van der Waals surface area contributed by atoms with Crippen molar-refractivity contribution in [1.82, 2.24) is 15.5 Å². The van der Waals surface area contributed by atoms with Crippen LogP contribution in [0, 0.1) is 0 Å². The molecule has 0 atom stereocenters. The summed E-state index contributed by atoms with van der Waals surface area (Å²) in [5.41, 5.74) is 5.10. The van der Waals surface area contributed by atoms with Crippen LogP contribution in [0.5, 0.6) is 0 Å². The third kappa shape index (κ3) is 10.6. The molecule has 0 saturated carbocycles. The van der Waals surface area contributed by atoms with E-state index < -0.39 is 41.2 Å². The van der Waals surface area contributed by atoms with Crippen molar-refractivity contribution >= 4 is 47.5 Å². The van der Waals surface area contributed by atoms with E-state index in [-0.39, 0.29) is 29.1 Å². The lowest BCUT2D eigenvalue weighted by atomic mass is 10.2. The first kappa shape index (κ1) is 31.1. The van der Waals surface area contributed by atoms with Crippen molar-refractivity contribution in [1.29, 1.82) is 0 Å². The van der Waals surface area contributed by atoms with Crippen molar-refractivity contribution in [2.45, 2.75) is 58.0 Å². The quantitative estimate of drug-likeness (QED) is 0.165. The normalized spacial score (nSPS) is 11.9. The summed E-state index contributed by atoms with van der Waals surface area (Å²) in [7, 11) is 1.22. The maximum Gasteiger partial charge on any atom is 0.437 e. The number of nitrogens with one attached hydrogen (secondary N) is 1. The number of nitrogens with two attached hydrogens (primary N) is 1. The van der Waals surface area contributed by atoms with Crippen LogP contribution in [0.1, 0.15) is 41.5 Å². The number of hydrogen-bond acceptors (Lipinski definition) is 11. The van der Waals surface area contributed by atoms with E-state index in [2.05, 4.69) is 25.2 Å². The molecule has 3 N–H and O–H groups in total. The van der Waals surface area contributed by atoms with Crippen molar-refractivity contribution in [3.8, 4) is 11.5 Å². The number of hydrogen-bond donors (Lipinski definition) is 2. The molecule has 0 saturated heterocycles. The van der Waals surface area contributed by atoms with Crippen LogP contribution in [0.3, 0.4) is 0 Å². The highest BCUT2D eigenvalue weighted by Gasteiger charge is 2.28. The molecule has 1 heterocycles. The molecule has 0 aliphatic carbocycles. The van der Waals surface area contributed by atoms with Gasteiger partial charge in [-0.1, -0.05) is 11.8 Å². The van der Waals surface area contributed by atoms with Gasteiger partial charge in [0.1, 0.15) is 17.7 Å². The lowest BCUT2D eigenvalue weighted by molar-refractivity contribution is -0.140. The van der Waals surface area contributed by atoms with E-state index in [4.69, 9.17) is 19.6 Å². The molecule has 15 heteroatoms. The highest BCUT2D eigenvalue weighted by Crippen LogP contribution is 2.26. The van der Waals surface area contributed by atoms with E-state index in [0.29, 0.717) is 5.56 Å². The SMILES string of the molecule is COC(=O)CNC(=O)CSc1nnc(-c2ccc(N(C(=O)OC(C)(C)C)C(N)=NC(=O)OC(C)(C)C)cc2)o1. The van der Waals surface area contributed by atoms with Gasteiger partial charge in [-0.25, -0.2) is 14.5 Å². The maximum atomic E-state index is 12.9. The van der Waals surface area contributed by atoms with E-state index >= 15 is 0 Å². The number of anilines is 1. The number of nitrogens with zero attached hydrogens (tertiary/aromatic N) is 4. The number of carbonyl (C=O) groups excluding carboxylic acids is 4. The van der Waals surface area contributed by atoms with Crippen molar-refractivity contribution in [2.75, 3.05) is 24.3 Å². The number of guanidine groups is 1. The van der Waals surface area contributed by atoms with Gasteiger partial charge in [0.15, 0.2) is 0 Å². The highest BCUT2D eigenvalue weighted by molar-refractivity contribution is 7.99. The molecule has 0 aliphatic rings. The second-order valence-corrected chi connectivity index (χ2v) is 10.8. The number of amides is 3. The molecule has 2 rings (SSSR count). The number of ether oxygens (including phenoxy) is 3. The van der Waals surface area contributed by atoms with Gasteiger partial charge >= 0.3 is 18.2 Å². The summed E-state index contributed by atoms with van der Waals surface area (Å²) in [5, 5.41) is 10.4. The van der Waals surface area contributed by atoms with Crippen molar-refractivity contribution < 1.29 is 37.8 Å². The third-order valence-electron chi connectivity index (χ3n) is 4.17. The second kappa shape index (κ2) is 13.1. The first-order valence-electron chi connectivity index (χ1n) is 11.6. The van der Waals surface area contributed by atoms with Gasteiger partial charge in [0.05, 0.1) is 18.6 Å². The summed E-state index contributed by atoms with van der Waals surface area (Å²) >= 11 is 0.984. The van der Waals surface area contributed by atoms with Gasteiger partial charge in [0.2, 0.25) is 17.8 Å². The first-order valence-corrected chi connectivity index (χ1v) is 12.6. The molecule has 2 aromatic rings. The predicted molar refractivity (Wildman–Crippen MR) is 142 cm³/mol. The molecule has 1 aromatic heterocycles. The highest BCUT2D eigenvalue weighted by atomic mass is 32.2. The van der Waals surface area contributed by atoms with E-state index in [1.54, 1.807) is 53.7 Å². The van der Waals surface area contributed by atoms with Crippen LogP contribution < -0.4 is 16.0 Å². The smallest absolute Gasteiger partial charge is 0.437 e. The van der Waals surface area contributed by atoms with Gasteiger partial charge < -0.3 is 29.7 Å². The number of esters is 1. The Kier molecular flexibility index (Phi) is 10.4. The van der Waals surface area contributed by atoms with Gasteiger partial charge in [0.25, 0.3) is 5.22 Å². The van der Waals surface area contributed by atoms with Crippen LogP contribution in [0.25, 0.3) is 11.5 Å². The molecule has 212 valence electrons. The lowest BCUT2D eigenvalue weighted by Gasteiger charge is -2.26. The second-order valence-electron chi connectivity index (χ2n) is 9.83. The van der Waals surface area contributed by atoms with Crippen LogP contribution in [0.4, 0.5) is 15.3 Å². The number of aromatic nitrogens is 2. The van der Waals surface area contributed by atoms with Crippen LogP contribution in [0.2, 0.25) is 0 Å². The molecular weight excluding hydrogens is 532 g/mol. The molecule has 0 aliphatic heterocycles. The minimum absolute atomic E-state index is 0.0569. The third-order valence-corrected chi connectivity index (χ3v) is 4.99. The molecular formula is C24H32N6O8S. The summed E-state index contributed by atoms with van der Waals surface area (Å²) < 4.78 is 20.6. The van der Waals surface area contributed by atoms with Crippen LogP contribution in [0.15, 0.2) is 38.9 Å². The van der Waals surface area contributed by atoms with Crippen molar-refractivity contribution in [3.05, 3.63) is 24.3 Å². The number of methoxy groups -OCH3 is 1. The summed E-state index contributed by atoms with van der Waals surface area (Å²) in [4.78, 5) is 52.7. The van der Waals surface area contributed by atoms with Crippen molar-refractivity contribution in [2.24, 2.45) is 10.7 Å². The van der Waals surface area contributed by atoms with Crippen LogP contribution >= 0.6 is 11.8 Å². The van der Waals surface area contributed by atoms with E-state index in [1.807, 2.05) is 0 Å². The molecule has 14 nitrogen and oxygen atoms in total. The Balaban J connectivity index is 2.20. The van der Waals surface area contributed by atoms with E-state index in [0.717, 1.165) is 16.7 Å². The van der Waals surface area contributed by atoms with Gasteiger partial charge in [0, 0.05) is 5.56 Å². The fourth-order valence-corrected chi connectivity index (χ4v) is 3.22. The Hall–Kier alpha value is -4.14. The topological polar surface area (TPSA) is 189 Å². The number of carbonyl (C=O) groups is 4. The van der Waals surface area contributed by atoms with E-state index in [9.17, 15) is 19.2 Å². The average Bonchev–Trinajstić information content (AvgIpc) is 3.28. The van der Waals surface area contributed by atoms with Crippen LogP contribution in [-0.4, -0.2) is 70.8 Å². The Morgan fingerprint density at radius 3 is 2.21 bits per heavy atom. The molecule has 0 spiro atoms. The monoisotopic (exact) mass is 564 g/mol. The number of aliphatic imine (C=N–C) groups is 1. The minimum atomic E-state index is -0.972. The lowest BCUT2D eigenvalue weighted by Crippen LogP contribution is -2.45. The van der Waals surface area contributed by atoms with Crippen molar-refractivity contribution in [3.63, 3.8) is 0 Å². The van der Waals surface area contributed by atoms with Gasteiger partial charge in [-0.2, -0.15) is 0 Å². The van der Waals surface area contributed by atoms with Gasteiger partial charge in [-0.15, -0.1) is 15.2 Å². The fourth-order valence-electron chi connectivity index (χ4n) is 2.63. The summed E-state index contributed by atoms with van der Waals surface area (Å²) in [6, 6.07) is 6.21. The molecule has 0 bridgehead atoms. The zero-order chi connectivity index (χ0) is 29.4. The molecule has 3 amide bonds. The largest absolute Gasteiger partial charge is 0.468 e. The number of thioether (sulfide) groups is 1. The van der Waals surface area contributed by atoms with Gasteiger partial charge in [-0.3, -0.25) is 9.59 Å². The molecule has 0 unspecified atom stereocenters. The summed E-state index contributed by atoms with van der Waals surface area (Å²) in [6.07, 6.45) is -1.83. The van der Waals surface area contributed by atoms with Crippen LogP contribution in [-0.2, 0) is 23.8 Å². The molecule has 1 aromatic carbocycles. The maximum absolute atomic E-state index is 12.9. The minimum Gasteiger partial charge on any atom is -0.468 e. The zero-order valence-corrected chi connectivity index (χ0v) is 23.6. The standard InChI is InChI=1S/C24H32N6O8S/c1-23(2,3)37-20(33)27-19(25)30(22(34)38-24(4,5)6)15-10-8-14(9-11-15)18-28-29-21(36-18)39-13-16(31)26-12-17(32)35-7/h8-11H,12-13H2,1-7H3,(H,26,31)(H2,25,27,33). The zero-order valence-electron chi connectivity index (χ0n) is 22.8. The number of benzene rings is 1. The summed E-state index contributed by atoms with van der Waals surface area (Å²) in [6.45, 7) is 9.81. The number of rotatable bonds is 7. The summed E-state index contributed by atoms with van der Waals surface area (Å²) in [5.74, 6) is -1.34. The molecule has 39 heavy (non-hydrogen) atoms. The fraction of sp³-hybridized carbons (Fsp3) is 0.458. The first-order chi connectivity index (χ1) is 18.1. The Morgan fingerprint density at radius 2 is 1.64 bits per heavy atom. The Morgan fingerprint density at radius 1 is 1.03 bits per heavy atom. The Bertz CT molecular complexity index is 1210. The average molecular weight is 565 g/mol. The van der Waals surface area contributed by atoms with E-state index in [1.165, 1.54) is 19.2 Å². The predicted octanol–water partition coefficient (Wildman–Crippen LogP) is 3.11. The van der Waals surface area contributed by atoms with Gasteiger partial charge in [-0.05, 0) is 65.8 Å². The molecule has 0 radical (unpaired) electrons.